The summed E-state index contributed by atoms with van der Waals surface area (Å²) in [7, 11) is 0. The highest BCUT2D eigenvalue weighted by molar-refractivity contribution is 7.14. The van der Waals surface area contributed by atoms with Crippen LogP contribution in [0.4, 0.5) is 5.13 Å². The van der Waals surface area contributed by atoms with Crippen molar-refractivity contribution in [2.24, 2.45) is 0 Å². The number of ketones is 1. The van der Waals surface area contributed by atoms with Gasteiger partial charge in [0.1, 0.15) is 24.7 Å². The fraction of sp³-hybridized carbons (Fsp3) is 0.208. The van der Waals surface area contributed by atoms with Gasteiger partial charge in [-0.25, -0.2) is 4.98 Å². The van der Waals surface area contributed by atoms with Crippen molar-refractivity contribution in [2.45, 2.75) is 13.0 Å². The SMILES string of the molecule is CCOc1ccc(C2/C(=C(\O)c3ccc4c(c3)OCCO4)C(=O)C(=O)N2c2nccs2)cc1. The maximum atomic E-state index is 13.2. The summed E-state index contributed by atoms with van der Waals surface area (Å²) >= 11 is 1.24. The molecule has 2 aliphatic heterocycles. The van der Waals surface area contributed by atoms with E-state index in [2.05, 4.69) is 4.98 Å². The number of nitrogens with zero attached hydrogens (tertiary/aromatic N) is 2. The predicted molar refractivity (Wildman–Crippen MR) is 122 cm³/mol. The van der Waals surface area contributed by atoms with Crippen LogP contribution in [0.5, 0.6) is 17.2 Å². The summed E-state index contributed by atoms with van der Waals surface area (Å²) in [6, 6.07) is 11.2. The lowest BCUT2D eigenvalue weighted by Crippen LogP contribution is -2.29. The molecule has 1 saturated heterocycles. The zero-order chi connectivity index (χ0) is 22.9. The molecule has 168 valence electrons. The van der Waals surface area contributed by atoms with Gasteiger partial charge in [-0.15, -0.1) is 11.3 Å². The number of carbonyl (C=O) groups excluding carboxylic acids is 2. The Morgan fingerprint density at radius 2 is 1.91 bits per heavy atom. The van der Waals surface area contributed by atoms with Crippen molar-refractivity contribution in [3.8, 4) is 17.2 Å². The molecule has 1 fully saturated rings. The molecule has 0 radical (unpaired) electrons. The number of hydrogen-bond acceptors (Lipinski definition) is 8. The zero-order valence-corrected chi connectivity index (χ0v) is 18.5. The van der Waals surface area contributed by atoms with Crippen LogP contribution in [-0.2, 0) is 9.59 Å². The molecule has 0 spiro atoms. The van der Waals surface area contributed by atoms with E-state index in [-0.39, 0.29) is 11.3 Å². The van der Waals surface area contributed by atoms with Crippen molar-refractivity contribution in [1.29, 1.82) is 0 Å². The number of benzene rings is 2. The lowest BCUT2D eigenvalue weighted by atomic mass is 9.95. The second kappa shape index (κ2) is 8.59. The van der Waals surface area contributed by atoms with Crippen LogP contribution in [0, 0.1) is 0 Å². The Morgan fingerprint density at radius 3 is 2.61 bits per heavy atom. The molecule has 1 aromatic heterocycles. The van der Waals surface area contributed by atoms with E-state index < -0.39 is 17.7 Å². The standard InChI is InChI=1S/C24H20N2O6S/c1-2-30-16-6-3-14(4-7-16)20-19(22(28)23(29)26(20)24-25-9-12-33-24)21(27)15-5-8-17-18(13-15)32-11-10-31-17/h3-9,12-13,20,27H,2,10-11H2,1H3/b21-19+. The summed E-state index contributed by atoms with van der Waals surface area (Å²) in [4.78, 5) is 31.8. The first-order valence-electron chi connectivity index (χ1n) is 10.4. The molecular weight excluding hydrogens is 444 g/mol. The van der Waals surface area contributed by atoms with Crippen molar-refractivity contribution in [2.75, 3.05) is 24.7 Å². The van der Waals surface area contributed by atoms with Gasteiger partial charge in [0.15, 0.2) is 16.6 Å². The van der Waals surface area contributed by atoms with Gasteiger partial charge in [-0.1, -0.05) is 12.1 Å². The summed E-state index contributed by atoms with van der Waals surface area (Å²) in [5.74, 6) is -0.122. The van der Waals surface area contributed by atoms with Gasteiger partial charge in [-0.3, -0.25) is 14.5 Å². The summed E-state index contributed by atoms with van der Waals surface area (Å²) in [5.41, 5.74) is 0.982. The molecule has 1 amide bonds. The molecule has 1 unspecified atom stereocenters. The summed E-state index contributed by atoms with van der Waals surface area (Å²) < 4.78 is 16.7. The Labute approximate surface area is 193 Å². The zero-order valence-electron chi connectivity index (χ0n) is 17.7. The number of carbonyl (C=O) groups is 2. The first-order chi connectivity index (χ1) is 16.1. The van der Waals surface area contributed by atoms with Gasteiger partial charge >= 0.3 is 5.91 Å². The minimum atomic E-state index is -0.847. The van der Waals surface area contributed by atoms with Crippen LogP contribution in [-0.4, -0.2) is 41.6 Å². The van der Waals surface area contributed by atoms with Crippen LogP contribution >= 0.6 is 11.3 Å². The number of hydrogen-bond donors (Lipinski definition) is 1. The number of amides is 1. The van der Waals surface area contributed by atoms with Crippen LogP contribution in [0.15, 0.2) is 59.6 Å². The Bertz CT molecular complexity index is 1240. The van der Waals surface area contributed by atoms with Gasteiger partial charge in [0.05, 0.1) is 18.2 Å². The highest BCUT2D eigenvalue weighted by atomic mass is 32.1. The largest absolute Gasteiger partial charge is 0.507 e. The molecule has 5 rings (SSSR count). The highest BCUT2D eigenvalue weighted by Crippen LogP contribution is 2.43. The molecule has 0 bridgehead atoms. The Hall–Kier alpha value is -3.85. The number of aliphatic hydroxyl groups excluding tert-OH is 1. The van der Waals surface area contributed by atoms with E-state index in [1.54, 1.807) is 54.0 Å². The van der Waals surface area contributed by atoms with Crippen molar-refractivity contribution in [1.82, 2.24) is 4.98 Å². The van der Waals surface area contributed by atoms with Crippen molar-refractivity contribution in [3.63, 3.8) is 0 Å². The second-order valence-corrected chi connectivity index (χ2v) is 8.22. The van der Waals surface area contributed by atoms with Gasteiger partial charge in [0.2, 0.25) is 0 Å². The van der Waals surface area contributed by atoms with Gasteiger partial charge < -0.3 is 19.3 Å². The van der Waals surface area contributed by atoms with Crippen LogP contribution in [0.2, 0.25) is 0 Å². The summed E-state index contributed by atoms with van der Waals surface area (Å²) in [6.07, 6.45) is 1.56. The quantitative estimate of drug-likeness (QED) is 0.347. The first kappa shape index (κ1) is 21.0. The van der Waals surface area contributed by atoms with E-state index in [4.69, 9.17) is 14.2 Å². The maximum Gasteiger partial charge on any atom is 0.301 e. The molecule has 1 atom stereocenters. The number of rotatable bonds is 5. The molecular formula is C24H20N2O6S. The van der Waals surface area contributed by atoms with E-state index in [9.17, 15) is 14.7 Å². The molecule has 3 heterocycles. The third-order valence-corrected chi connectivity index (χ3v) is 6.16. The number of anilines is 1. The fourth-order valence-electron chi connectivity index (χ4n) is 3.94. The average Bonchev–Trinajstić information content (AvgIpc) is 3.46. The lowest BCUT2D eigenvalue weighted by Gasteiger charge is -2.23. The molecule has 8 nitrogen and oxygen atoms in total. The Morgan fingerprint density at radius 1 is 1.15 bits per heavy atom. The second-order valence-electron chi connectivity index (χ2n) is 7.34. The minimum absolute atomic E-state index is 0.0176. The Kier molecular flexibility index (Phi) is 5.47. The van der Waals surface area contributed by atoms with Gasteiger partial charge in [0.25, 0.3) is 5.78 Å². The molecule has 0 saturated carbocycles. The van der Waals surface area contributed by atoms with Crippen molar-refractivity contribution >= 4 is 33.9 Å². The fourth-order valence-corrected chi connectivity index (χ4v) is 4.61. The Balaban J connectivity index is 1.65. The number of aromatic nitrogens is 1. The van der Waals surface area contributed by atoms with Crippen LogP contribution < -0.4 is 19.1 Å². The van der Waals surface area contributed by atoms with Crippen LogP contribution in [0.25, 0.3) is 5.76 Å². The lowest BCUT2D eigenvalue weighted by molar-refractivity contribution is -0.132. The first-order valence-corrected chi connectivity index (χ1v) is 11.3. The smallest absolute Gasteiger partial charge is 0.301 e. The average molecular weight is 464 g/mol. The molecule has 1 N–H and O–H groups in total. The predicted octanol–water partition coefficient (Wildman–Crippen LogP) is 3.94. The topological polar surface area (TPSA) is 98.2 Å². The van der Waals surface area contributed by atoms with E-state index in [1.807, 2.05) is 6.92 Å². The van der Waals surface area contributed by atoms with Crippen LogP contribution in [0.3, 0.4) is 0 Å². The monoisotopic (exact) mass is 464 g/mol. The number of thiazole rings is 1. The molecule has 0 aliphatic carbocycles. The number of fused-ring (bicyclic) bond motifs is 1. The van der Waals surface area contributed by atoms with E-state index in [0.717, 1.165) is 0 Å². The molecule has 9 heteroatoms. The van der Waals surface area contributed by atoms with E-state index >= 15 is 0 Å². The third-order valence-electron chi connectivity index (χ3n) is 5.39. The van der Waals surface area contributed by atoms with Gasteiger partial charge in [-0.05, 0) is 42.8 Å². The van der Waals surface area contributed by atoms with Crippen molar-refractivity contribution < 1.29 is 28.9 Å². The molecule has 2 aliphatic rings. The number of Topliss-reactive ketones (excluding diaryl/α,β-unsaturated/α-hetero) is 1. The number of ether oxygens (including phenoxy) is 3. The van der Waals surface area contributed by atoms with E-state index in [0.29, 0.717) is 53.3 Å². The molecule has 3 aromatic rings. The third kappa shape index (κ3) is 3.70. The van der Waals surface area contributed by atoms with Crippen molar-refractivity contribution in [3.05, 3.63) is 70.7 Å². The highest BCUT2D eigenvalue weighted by Gasteiger charge is 2.48. The molecule has 2 aromatic carbocycles. The summed E-state index contributed by atoms with van der Waals surface area (Å²) in [6.45, 7) is 3.23. The molecule has 33 heavy (non-hydrogen) atoms. The van der Waals surface area contributed by atoms with Gasteiger partial charge in [0, 0.05) is 17.1 Å². The van der Waals surface area contributed by atoms with Gasteiger partial charge in [-0.2, -0.15) is 0 Å². The normalized spacial score (nSPS) is 19.1. The minimum Gasteiger partial charge on any atom is -0.507 e. The van der Waals surface area contributed by atoms with E-state index in [1.165, 1.54) is 16.2 Å². The summed E-state index contributed by atoms with van der Waals surface area (Å²) in [5, 5.41) is 13.3. The van der Waals surface area contributed by atoms with Crippen LogP contribution in [0.1, 0.15) is 24.1 Å². The maximum absolute atomic E-state index is 13.2. The number of aliphatic hydroxyl groups is 1.